The zero-order valence-electron chi connectivity index (χ0n) is 10.2. The number of amides is 1. The first kappa shape index (κ1) is 13.9. The van der Waals surface area contributed by atoms with Gasteiger partial charge in [0, 0.05) is 10.6 Å². The Morgan fingerprint density at radius 3 is 2.76 bits per heavy atom. The molecule has 0 fully saturated rings. The van der Waals surface area contributed by atoms with Gasteiger partial charge in [-0.2, -0.15) is 0 Å². The SMILES string of the molecule is CCCC(Sc1ccc(C)cc1N)C(=O)NN. The summed E-state index contributed by atoms with van der Waals surface area (Å²) in [6.45, 7) is 4.02. The molecule has 1 aromatic carbocycles. The molecule has 0 bridgehead atoms. The normalized spacial score (nSPS) is 12.2. The second kappa shape index (κ2) is 6.51. The fourth-order valence-electron chi connectivity index (χ4n) is 1.53. The zero-order valence-corrected chi connectivity index (χ0v) is 11.0. The highest BCUT2D eigenvalue weighted by Gasteiger charge is 2.18. The summed E-state index contributed by atoms with van der Waals surface area (Å²) in [7, 11) is 0. The number of nitrogens with two attached hydrogens (primary N) is 2. The van der Waals surface area contributed by atoms with Gasteiger partial charge in [-0.3, -0.25) is 10.2 Å². The minimum atomic E-state index is -0.185. The predicted molar refractivity (Wildman–Crippen MR) is 72.5 cm³/mol. The lowest BCUT2D eigenvalue weighted by atomic mass is 10.2. The molecule has 0 saturated carbocycles. The van der Waals surface area contributed by atoms with Crippen molar-refractivity contribution in [3.63, 3.8) is 0 Å². The van der Waals surface area contributed by atoms with E-state index < -0.39 is 0 Å². The fourth-order valence-corrected chi connectivity index (χ4v) is 2.70. The van der Waals surface area contributed by atoms with Crippen LogP contribution in [0.15, 0.2) is 23.1 Å². The number of hydrogen-bond donors (Lipinski definition) is 3. The number of rotatable bonds is 5. The summed E-state index contributed by atoms with van der Waals surface area (Å²) in [5.41, 5.74) is 9.95. The average molecular weight is 253 g/mol. The summed E-state index contributed by atoms with van der Waals surface area (Å²) in [6.07, 6.45) is 1.71. The molecule has 0 radical (unpaired) electrons. The van der Waals surface area contributed by atoms with E-state index in [1.807, 2.05) is 32.0 Å². The van der Waals surface area contributed by atoms with Crippen LogP contribution in [-0.4, -0.2) is 11.2 Å². The van der Waals surface area contributed by atoms with Crippen LogP contribution in [0.1, 0.15) is 25.3 Å². The molecule has 1 amide bonds. The molecule has 0 heterocycles. The Labute approximate surface area is 106 Å². The van der Waals surface area contributed by atoms with Crippen LogP contribution in [0.2, 0.25) is 0 Å². The summed E-state index contributed by atoms with van der Waals surface area (Å²) in [5.74, 6) is 5.02. The summed E-state index contributed by atoms with van der Waals surface area (Å²) < 4.78 is 0. The molecule has 94 valence electrons. The monoisotopic (exact) mass is 253 g/mol. The van der Waals surface area contributed by atoms with Crippen LogP contribution in [0.4, 0.5) is 5.69 Å². The minimum Gasteiger partial charge on any atom is -0.398 e. The first-order valence-electron chi connectivity index (χ1n) is 5.61. The van der Waals surface area contributed by atoms with E-state index in [0.29, 0.717) is 5.69 Å². The zero-order chi connectivity index (χ0) is 12.8. The fraction of sp³-hybridized carbons (Fsp3) is 0.417. The van der Waals surface area contributed by atoms with E-state index in [4.69, 9.17) is 11.6 Å². The van der Waals surface area contributed by atoms with Crippen molar-refractivity contribution in [1.29, 1.82) is 0 Å². The molecule has 1 aromatic rings. The Balaban J connectivity index is 2.82. The third-order valence-corrected chi connectivity index (χ3v) is 3.78. The van der Waals surface area contributed by atoms with Crippen molar-refractivity contribution < 1.29 is 4.79 Å². The van der Waals surface area contributed by atoms with E-state index in [1.165, 1.54) is 11.8 Å². The lowest BCUT2D eigenvalue weighted by molar-refractivity contribution is -0.120. The molecule has 0 aliphatic carbocycles. The van der Waals surface area contributed by atoms with Crippen molar-refractivity contribution in [1.82, 2.24) is 5.43 Å². The molecule has 5 N–H and O–H groups in total. The van der Waals surface area contributed by atoms with Crippen LogP contribution in [0.25, 0.3) is 0 Å². The second-order valence-corrected chi connectivity index (χ2v) is 5.19. The smallest absolute Gasteiger partial charge is 0.247 e. The number of thioether (sulfide) groups is 1. The van der Waals surface area contributed by atoms with Gasteiger partial charge < -0.3 is 5.73 Å². The summed E-state index contributed by atoms with van der Waals surface area (Å²) >= 11 is 1.46. The molecule has 0 aliphatic heterocycles. The largest absolute Gasteiger partial charge is 0.398 e. The van der Waals surface area contributed by atoms with E-state index >= 15 is 0 Å². The van der Waals surface area contributed by atoms with Crippen LogP contribution in [0, 0.1) is 6.92 Å². The number of carbonyl (C=O) groups excluding carboxylic acids is 1. The number of nitrogens with one attached hydrogen (secondary N) is 1. The van der Waals surface area contributed by atoms with E-state index in [2.05, 4.69) is 5.43 Å². The van der Waals surface area contributed by atoms with Crippen LogP contribution in [-0.2, 0) is 4.79 Å². The Hall–Kier alpha value is -1.20. The van der Waals surface area contributed by atoms with Gasteiger partial charge in [-0.15, -0.1) is 11.8 Å². The number of hydrazine groups is 1. The minimum absolute atomic E-state index is 0.156. The maximum absolute atomic E-state index is 11.6. The first-order chi connectivity index (χ1) is 8.08. The van der Waals surface area contributed by atoms with Gasteiger partial charge in [0.1, 0.15) is 0 Å². The molecular formula is C12H19N3OS. The second-order valence-electron chi connectivity index (χ2n) is 3.95. The topological polar surface area (TPSA) is 81.1 Å². The summed E-state index contributed by atoms with van der Waals surface area (Å²) in [6, 6.07) is 5.84. The van der Waals surface area contributed by atoms with E-state index in [-0.39, 0.29) is 11.2 Å². The number of aryl methyl sites for hydroxylation is 1. The van der Waals surface area contributed by atoms with Crippen LogP contribution >= 0.6 is 11.8 Å². The number of nitrogen functional groups attached to an aromatic ring is 1. The number of carbonyl (C=O) groups is 1. The molecule has 1 unspecified atom stereocenters. The van der Waals surface area contributed by atoms with Crippen molar-refractivity contribution >= 4 is 23.4 Å². The average Bonchev–Trinajstić information content (AvgIpc) is 2.30. The lowest BCUT2D eigenvalue weighted by Crippen LogP contribution is -2.37. The van der Waals surface area contributed by atoms with Crippen molar-refractivity contribution in [2.24, 2.45) is 5.84 Å². The van der Waals surface area contributed by atoms with Crippen LogP contribution < -0.4 is 17.0 Å². The first-order valence-corrected chi connectivity index (χ1v) is 6.49. The van der Waals surface area contributed by atoms with Gasteiger partial charge >= 0.3 is 0 Å². The summed E-state index contributed by atoms with van der Waals surface area (Å²) in [4.78, 5) is 12.5. The standard InChI is InChI=1S/C12H19N3OS/c1-3-4-11(12(16)15-14)17-10-6-5-8(2)7-9(10)13/h5-7,11H,3-4,13-14H2,1-2H3,(H,15,16). The molecule has 0 spiro atoms. The Bertz CT molecular complexity index is 395. The Kier molecular flexibility index (Phi) is 5.31. The molecule has 0 aliphatic rings. The molecule has 4 nitrogen and oxygen atoms in total. The summed E-state index contributed by atoms with van der Waals surface area (Å²) in [5, 5.41) is -0.185. The van der Waals surface area contributed by atoms with Crippen LogP contribution in [0.5, 0.6) is 0 Å². The lowest BCUT2D eigenvalue weighted by Gasteiger charge is -2.15. The van der Waals surface area contributed by atoms with Crippen LogP contribution in [0.3, 0.4) is 0 Å². The number of anilines is 1. The molecule has 0 saturated heterocycles. The van der Waals surface area contributed by atoms with Gasteiger partial charge in [-0.05, 0) is 31.0 Å². The van der Waals surface area contributed by atoms with E-state index in [0.717, 1.165) is 23.3 Å². The third kappa shape index (κ3) is 3.94. The van der Waals surface area contributed by atoms with Gasteiger partial charge in [0.15, 0.2) is 0 Å². The molecular weight excluding hydrogens is 234 g/mol. The van der Waals surface area contributed by atoms with Gasteiger partial charge in [-0.25, -0.2) is 5.84 Å². The van der Waals surface area contributed by atoms with E-state index in [1.54, 1.807) is 0 Å². The van der Waals surface area contributed by atoms with Gasteiger partial charge in [0.25, 0.3) is 0 Å². The van der Waals surface area contributed by atoms with Crippen molar-refractivity contribution in [2.75, 3.05) is 5.73 Å². The maximum atomic E-state index is 11.6. The van der Waals surface area contributed by atoms with Crippen molar-refractivity contribution in [3.05, 3.63) is 23.8 Å². The highest BCUT2D eigenvalue weighted by molar-refractivity contribution is 8.00. The molecule has 1 rings (SSSR count). The van der Waals surface area contributed by atoms with Gasteiger partial charge in [-0.1, -0.05) is 19.4 Å². The molecule has 5 heteroatoms. The Morgan fingerprint density at radius 1 is 1.53 bits per heavy atom. The Morgan fingerprint density at radius 2 is 2.24 bits per heavy atom. The molecule has 0 aromatic heterocycles. The quantitative estimate of drug-likeness (QED) is 0.246. The van der Waals surface area contributed by atoms with Gasteiger partial charge in [0.05, 0.1) is 5.25 Å². The highest BCUT2D eigenvalue weighted by Crippen LogP contribution is 2.31. The number of benzene rings is 1. The predicted octanol–water partition coefficient (Wildman–Crippen LogP) is 1.83. The third-order valence-electron chi connectivity index (χ3n) is 2.42. The van der Waals surface area contributed by atoms with E-state index in [9.17, 15) is 4.79 Å². The van der Waals surface area contributed by atoms with Crippen molar-refractivity contribution in [2.45, 2.75) is 36.8 Å². The van der Waals surface area contributed by atoms with Gasteiger partial charge in [0.2, 0.25) is 5.91 Å². The molecule has 1 atom stereocenters. The number of hydrogen-bond acceptors (Lipinski definition) is 4. The van der Waals surface area contributed by atoms with Crippen molar-refractivity contribution in [3.8, 4) is 0 Å². The maximum Gasteiger partial charge on any atom is 0.247 e. The highest BCUT2D eigenvalue weighted by atomic mass is 32.2. The molecule has 17 heavy (non-hydrogen) atoms.